The first-order chi connectivity index (χ1) is 7.84. The molecular weight excluding hydrogens is 273 g/mol. The van der Waals surface area contributed by atoms with Gasteiger partial charge in [0.25, 0.3) is 4.83 Å². The van der Waals surface area contributed by atoms with Crippen molar-refractivity contribution in [1.29, 1.82) is 0 Å². The minimum atomic E-state index is 0. The van der Waals surface area contributed by atoms with Gasteiger partial charge in [0.2, 0.25) is 0 Å². The molecule has 0 amide bonds. The maximum atomic E-state index is 6.18. The van der Waals surface area contributed by atoms with Crippen LogP contribution in [0.5, 0.6) is 0 Å². The Morgan fingerprint density at radius 2 is 1.76 bits per heavy atom. The summed E-state index contributed by atoms with van der Waals surface area (Å²) in [7, 11) is 0. The zero-order valence-electron chi connectivity index (χ0n) is 8.81. The van der Waals surface area contributed by atoms with E-state index in [4.69, 9.17) is 11.6 Å². The SMILES string of the molecule is Clc1ccccc1-c1c[n+]2ccccc2s1.[Cl-]. The Morgan fingerprint density at radius 3 is 2.53 bits per heavy atom. The number of hydrogen-bond acceptors (Lipinski definition) is 1. The number of halogens is 2. The summed E-state index contributed by atoms with van der Waals surface area (Å²) < 4.78 is 2.11. The minimum absolute atomic E-state index is 0. The van der Waals surface area contributed by atoms with E-state index >= 15 is 0 Å². The quantitative estimate of drug-likeness (QED) is 0.582. The molecule has 17 heavy (non-hydrogen) atoms. The topological polar surface area (TPSA) is 4.10 Å². The van der Waals surface area contributed by atoms with Gasteiger partial charge in [0.15, 0.2) is 12.4 Å². The molecule has 0 aliphatic rings. The summed E-state index contributed by atoms with van der Waals surface area (Å²) in [6.07, 6.45) is 4.16. The van der Waals surface area contributed by atoms with E-state index in [1.54, 1.807) is 11.3 Å². The van der Waals surface area contributed by atoms with Gasteiger partial charge in [-0.15, -0.1) is 0 Å². The summed E-state index contributed by atoms with van der Waals surface area (Å²) in [6, 6.07) is 14.1. The third-order valence-electron chi connectivity index (χ3n) is 2.46. The highest BCUT2D eigenvalue weighted by Gasteiger charge is 2.12. The molecule has 0 bridgehead atoms. The lowest BCUT2D eigenvalue weighted by Crippen LogP contribution is -3.00. The number of hydrogen-bond donors (Lipinski definition) is 0. The van der Waals surface area contributed by atoms with Gasteiger partial charge in [0, 0.05) is 22.7 Å². The lowest BCUT2D eigenvalue weighted by molar-refractivity contribution is -0.506. The van der Waals surface area contributed by atoms with E-state index in [0.29, 0.717) is 0 Å². The van der Waals surface area contributed by atoms with Gasteiger partial charge in [-0.1, -0.05) is 41.1 Å². The normalized spacial score (nSPS) is 10.2. The molecule has 0 unspecified atom stereocenters. The Bertz CT molecular complexity index is 615. The third kappa shape index (κ3) is 2.29. The lowest BCUT2D eigenvalue weighted by atomic mass is 10.2. The summed E-state index contributed by atoms with van der Waals surface area (Å²) in [5, 5.41) is 0.801. The van der Waals surface area contributed by atoms with Crippen molar-refractivity contribution in [3.63, 3.8) is 0 Å². The van der Waals surface area contributed by atoms with E-state index in [9.17, 15) is 0 Å². The zero-order valence-corrected chi connectivity index (χ0v) is 11.1. The van der Waals surface area contributed by atoms with Gasteiger partial charge in [0.05, 0.1) is 0 Å². The fourth-order valence-electron chi connectivity index (χ4n) is 1.68. The number of fused-ring (bicyclic) bond motifs is 1. The van der Waals surface area contributed by atoms with Gasteiger partial charge in [-0.25, -0.2) is 0 Å². The Hall–Kier alpha value is -1.09. The Kier molecular flexibility index (Phi) is 3.67. The van der Waals surface area contributed by atoms with Crippen molar-refractivity contribution in [3.8, 4) is 10.4 Å². The number of nitrogens with zero attached hydrogens (tertiary/aromatic N) is 1. The van der Waals surface area contributed by atoms with Crippen molar-refractivity contribution < 1.29 is 16.8 Å². The van der Waals surface area contributed by atoms with Gasteiger partial charge < -0.3 is 12.4 Å². The van der Waals surface area contributed by atoms with Crippen molar-refractivity contribution in [1.82, 2.24) is 0 Å². The van der Waals surface area contributed by atoms with E-state index in [1.807, 2.05) is 42.6 Å². The van der Waals surface area contributed by atoms with Crippen LogP contribution in [0.1, 0.15) is 0 Å². The highest BCUT2D eigenvalue weighted by molar-refractivity contribution is 7.20. The van der Waals surface area contributed by atoms with E-state index in [0.717, 1.165) is 10.6 Å². The van der Waals surface area contributed by atoms with Crippen LogP contribution in [-0.2, 0) is 0 Å². The first kappa shape index (κ1) is 12.4. The average Bonchev–Trinajstić information content (AvgIpc) is 2.73. The van der Waals surface area contributed by atoms with E-state index < -0.39 is 0 Å². The molecule has 1 aromatic carbocycles. The van der Waals surface area contributed by atoms with Gasteiger partial charge >= 0.3 is 0 Å². The monoisotopic (exact) mass is 281 g/mol. The van der Waals surface area contributed by atoms with Crippen molar-refractivity contribution in [2.24, 2.45) is 0 Å². The summed E-state index contributed by atoms with van der Waals surface area (Å²) in [5.41, 5.74) is 1.10. The van der Waals surface area contributed by atoms with Crippen molar-refractivity contribution in [2.75, 3.05) is 0 Å². The average molecular weight is 282 g/mol. The van der Waals surface area contributed by atoms with Crippen LogP contribution >= 0.6 is 22.9 Å². The lowest BCUT2D eigenvalue weighted by Gasteiger charge is -1.96. The van der Waals surface area contributed by atoms with Gasteiger partial charge in [-0.2, -0.15) is 4.40 Å². The number of benzene rings is 1. The summed E-state index contributed by atoms with van der Waals surface area (Å²) in [5.74, 6) is 0. The van der Waals surface area contributed by atoms with Crippen molar-refractivity contribution in [3.05, 3.63) is 59.9 Å². The van der Waals surface area contributed by atoms with Crippen LogP contribution in [0.4, 0.5) is 0 Å². The highest BCUT2D eigenvalue weighted by Crippen LogP contribution is 2.31. The van der Waals surface area contributed by atoms with Crippen LogP contribution in [0.2, 0.25) is 5.02 Å². The van der Waals surface area contributed by atoms with Crippen LogP contribution in [-0.4, -0.2) is 0 Å². The number of aromatic nitrogens is 1. The zero-order chi connectivity index (χ0) is 11.0. The molecular formula is C13H9Cl2NS. The highest BCUT2D eigenvalue weighted by atomic mass is 35.5. The van der Waals surface area contributed by atoms with Crippen LogP contribution in [0.3, 0.4) is 0 Å². The Morgan fingerprint density at radius 1 is 1.00 bits per heavy atom. The Labute approximate surface area is 115 Å². The second-order valence-corrected chi connectivity index (χ2v) is 4.99. The van der Waals surface area contributed by atoms with Crippen LogP contribution in [0.15, 0.2) is 54.9 Å². The molecule has 0 N–H and O–H groups in total. The van der Waals surface area contributed by atoms with Gasteiger partial charge in [-0.3, -0.25) is 0 Å². The van der Waals surface area contributed by atoms with Crippen molar-refractivity contribution in [2.45, 2.75) is 0 Å². The number of pyridine rings is 1. The second kappa shape index (κ2) is 5.05. The first-order valence-corrected chi connectivity index (χ1v) is 6.19. The number of rotatable bonds is 1. The predicted octanol–water partition coefficient (Wildman–Crippen LogP) is 0.811. The maximum absolute atomic E-state index is 6.18. The summed E-state index contributed by atoms with van der Waals surface area (Å²) in [4.78, 5) is 2.41. The molecule has 3 rings (SSSR count). The molecule has 86 valence electrons. The molecule has 3 aromatic rings. The van der Waals surface area contributed by atoms with Crippen LogP contribution in [0, 0.1) is 0 Å². The molecule has 0 saturated heterocycles. The molecule has 0 saturated carbocycles. The van der Waals surface area contributed by atoms with Crippen LogP contribution in [0.25, 0.3) is 15.3 Å². The molecule has 2 aromatic heterocycles. The fourth-order valence-corrected chi connectivity index (χ4v) is 3.02. The summed E-state index contributed by atoms with van der Waals surface area (Å²) in [6.45, 7) is 0. The van der Waals surface area contributed by atoms with Crippen molar-refractivity contribution >= 4 is 27.8 Å². The maximum Gasteiger partial charge on any atom is 0.267 e. The van der Waals surface area contributed by atoms with Gasteiger partial charge in [0.1, 0.15) is 4.88 Å². The second-order valence-electron chi connectivity index (χ2n) is 3.52. The fraction of sp³-hybridized carbons (Fsp3) is 0. The molecule has 0 atom stereocenters. The molecule has 2 heterocycles. The molecule has 0 aliphatic carbocycles. The molecule has 0 radical (unpaired) electrons. The first-order valence-electron chi connectivity index (χ1n) is 4.99. The Balaban J connectivity index is 0.00000108. The third-order valence-corrected chi connectivity index (χ3v) is 3.89. The van der Waals surface area contributed by atoms with Crippen LogP contribution < -0.4 is 16.8 Å². The molecule has 0 fully saturated rings. The molecule has 1 nitrogen and oxygen atoms in total. The predicted molar refractivity (Wildman–Crippen MR) is 67.9 cm³/mol. The van der Waals surface area contributed by atoms with Gasteiger partial charge in [-0.05, 0) is 12.1 Å². The number of thiazole rings is 1. The minimum Gasteiger partial charge on any atom is -1.00 e. The van der Waals surface area contributed by atoms with E-state index in [-0.39, 0.29) is 12.4 Å². The molecule has 0 aliphatic heterocycles. The van der Waals surface area contributed by atoms with E-state index in [1.165, 1.54) is 9.71 Å². The summed E-state index contributed by atoms with van der Waals surface area (Å²) >= 11 is 7.93. The molecule has 4 heteroatoms. The molecule has 0 spiro atoms. The van der Waals surface area contributed by atoms with E-state index in [2.05, 4.69) is 16.7 Å². The standard InChI is InChI=1S/C13H9ClNS.ClH/c14-11-6-2-1-5-10(11)12-9-15-8-4-3-7-13(15)16-12;/h1-9H;1H/q+1;/p-1. The largest absolute Gasteiger partial charge is 1.00 e. The smallest absolute Gasteiger partial charge is 0.267 e.